The third kappa shape index (κ3) is 4.64. The van der Waals surface area contributed by atoms with E-state index in [2.05, 4.69) is 0 Å². The van der Waals surface area contributed by atoms with Gasteiger partial charge in [-0.3, -0.25) is 0 Å². The highest BCUT2D eigenvalue weighted by atomic mass is 35.5. The Balaban J connectivity index is 0.00000289. The van der Waals surface area contributed by atoms with Gasteiger partial charge in [-0.25, -0.2) is 4.79 Å². The number of benzene rings is 1. The number of rotatable bonds is 6. The molecule has 0 fully saturated rings. The molecular weight excluding hydrogens is 252 g/mol. The molecule has 1 atom stereocenters. The van der Waals surface area contributed by atoms with Crippen molar-refractivity contribution >= 4 is 18.4 Å². The van der Waals surface area contributed by atoms with Crippen LogP contribution in [0.25, 0.3) is 0 Å². The second-order valence-corrected chi connectivity index (χ2v) is 3.97. The van der Waals surface area contributed by atoms with Crippen molar-refractivity contribution in [2.75, 3.05) is 13.7 Å². The number of hydrogen-bond donors (Lipinski definition) is 2. The summed E-state index contributed by atoms with van der Waals surface area (Å²) in [4.78, 5) is 11.6. The van der Waals surface area contributed by atoms with Crippen LogP contribution in [-0.2, 0) is 4.74 Å². The van der Waals surface area contributed by atoms with Crippen molar-refractivity contribution < 1.29 is 9.53 Å². The molecule has 0 aliphatic heterocycles. The summed E-state index contributed by atoms with van der Waals surface area (Å²) in [6, 6.07) is 7.16. The molecule has 0 saturated heterocycles. The Morgan fingerprint density at radius 3 is 2.61 bits per heavy atom. The fourth-order valence-electron chi connectivity index (χ4n) is 1.78. The predicted octanol–water partition coefficient (Wildman–Crippen LogP) is 2.02. The van der Waals surface area contributed by atoms with E-state index in [0.29, 0.717) is 12.1 Å². The molecule has 0 bridgehead atoms. The molecule has 0 aliphatic carbocycles. The highest BCUT2D eigenvalue weighted by Crippen LogP contribution is 2.21. The average Bonchev–Trinajstić information content (AvgIpc) is 2.38. The van der Waals surface area contributed by atoms with Gasteiger partial charge >= 0.3 is 5.97 Å². The first kappa shape index (κ1) is 16.9. The van der Waals surface area contributed by atoms with Gasteiger partial charge in [0, 0.05) is 6.04 Å². The van der Waals surface area contributed by atoms with E-state index in [1.165, 1.54) is 7.11 Å². The number of nitrogens with two attached hydrogens (primary N) is 2. The molecule has 0 aliphatic rings. The lowest BCUT2D eigenvalue weighted by molar-refractivity contribution is 0.0599. The monoisotopic (exact) mass is 272 g/mol. The summed E-state index contributed by atoms with van der Waals surface area (Å²) in [7, 11) is 1.37. The number of methoxy groups -OCH3 is 1. The van der Waals surface area contributed by atoms with E-state index in [-0.39, 0.29) is 24.4 Å². The Morgan fingerprint density at radius 1 is 1.33 bits per heavy atom. The Kier molecular flexibility index (Phi) is 8.37. The van der Waals surface area contributed by atoms with Crippen LogP contribution in [0.1, 0.15) is 41.2 Å². The number of ether oxygens (including phenoxy) is 1. The van der Waals surface area contributed by atoms with Crippen LogP contribution in [0.3, 0.4) is 0 Å². The Bertz CT molecular complexity index is 372. The number of carbonyl (C=O) groups is 1. The van der Waals surface area contributed by atoms with E-state index in [1.807, 2.05) is 18.2 Å². The van der Waals surface area contributed by atoms with Gasteiger partial charge in [-0.1, -0.05) is 24.6 Å². The molecule has 18 heavy (non-hydrogen) atoms. The highest BCUT2D eigenvalue weighted by molar-refractivity contribution is 5.91. The minimum Gasteiger partial charge on any atom is -0.465 e. The lowest BCUT2D eigenvalue weighted by atomic mass is 9.97. The number of hydrogen-bond acceptors (Lipinski definition) is 4. The van der Waals surface area contributed by atoms with Gasteiger partial charge in [0.25, 0.3) is 0 Å². The fraction of sp³-hybridized carbons (Fsp3) is 0.462. The van der Waals surface area contributed by atoms with E-state index in [4.69, 9.17) is 16.2 Å². The Hall–Kier alpha value is -1.10. The zero-order valence-electron chi connectivity index (χ0n) is 10.6. The van der Waals surface area contributed by atoms with Crippen molar-refractivity contribution in [1.29, 1.82) is 0 Å². The van der Waals surface area contributed by atoms with E-state index < -0.39 is 0 Å². The molecule has 0 amide bonds. The first-order valence-corrected chi connectivity index (χ1v) is 5.83. The van der Waals surface area contributed by atoms with Gasteiger partial charge in [-0.15, -0.1) is 12.4 Å². The molecule has 0 saturated carbocycles. The summed E-state index contributed by atoms with van der Waals surface area (Å²) in [6.07, 6.45) is 2.74. The van der Waals surface area contributed by atoms with Gasteiger partial charge in [-0.2, -0.15) is 0 Å². The van der Waals surface area contributed by atoms with Crippen LogP contribution in [-0.4, -0.2) is 19.6 Å². The summed E-state index contributed by atoms with van der Waals surface area (Å²) in [5.41, 5.74) is 12.9. The molecule has 1 aromatic rings. The standard InChI is InChI=1S/C13H20N2O2.ClH/c1-17-13(16)11-7-3-2-6-10(11)12(15)8-4-5-9-14;/h2-3,6-7,12H,4-5,8-9,14-15H2,1H3;1H/t12-;/m1./s1. The number of esters is 1. The molecule has 0 aromatic heterocycles. The summed E-state index contributed by atoms with van der Waals surface area (Å²) in [5.74, 6) is -0.338. The van der Waals surface area contributed by atoms with Crippen molar-refractivity contribution in [2.24, 2.45) is 11.5 Å². The van der Waals surface area contributed by atoms with Gasteiger partial charge in [-0.05, 0) is 31.0 Å². The van der Waals surface area contributed by atoms with Gasteiger partial charge in [0.05, 0.1) is 12.7 Å². The van der Waals surface area contributed by atoms with Crippen LogP contribution in [0.4, 0.5) is 0 Å². The first-order valence-electron chi connectivity index (χ1n) is 5.83. The zero-order chi connectivity index (χ0) is 12.7. The minimum atomic E-state index is -0.338. The van der Waals surface area contributed by atoms with Crippen LogP contribution < -0.4 is 11.5 Å². The lowest BCUT2D eigenvalue weighted by Gasteiger charge is -2.15. The maximum absolute atomic E-state index is 11.6. The molecule has 0 radical (unpaired) electrons. The fourth-order valence-corrected chi connectivity index (χ4v) is 1.78. The molecule has 4 nitrogen and oxygen atoms in total. The van der Waals surface area contributed by atoms with Crippen molar-refractivity contribution in [1.82, 2.24) is 0 Å². The molecule has 1 rings (SSSR count). The quantitative estimate of drug-likeness (QED) is 0.613. The van der Waals surface area contributed by atoms with E-state index in [0.717, 1.165) is 24.8 Å². The van der Waals surface area contributed by atoms with Crippen LogP contribution in [0.15, 0.2) is 24.3 Å². The van der Waals surface area contributed by atoms with Crippen LogP contribution in [0.5, 0.6) is 0 Å². The second kappa shape index (κ2) is 8.91. The maximum atomic E-state index is 11.6. The molecule has 5 heteroatoms. The summed E-state index contributed by atoms with van der Waals surface area (Å²) in [5, 5.41) is 0. The third-order valence-corrected chi connectivity index (χ3v) is 2.73. The largest absolute Gasteiger partial charge is 0.465 e. The first-order chi connectivity index (χ1) is 8.20. The summed E-state index contributed by atoms with van der Waals surface area (Å²) < 4.78 is 4.74. The predicted molar refractivity (Wildman–Crippen MR) is 74.9 cm³/mol. The summed E-state index contributed by atoms with van der Waals surface area (Å²) >= 11 is 0. The molecule has 4 N–H and O–H groups in total. The minimum absolute atomic E-state index is 0. The van der Waals surface area contributed by atoms with Crippen LogP contribution >= 0.6 is 12.4 Å². The number of halogens is 1. The van der Waals surface area contributed by atoms with Gasteiger partial charge < -0.3 is 16.2 Å². The highest BCUT2D eigenvalue weighted by Gasteiger charge is 2.15. The molecule has 102 valence electrons. The SMILES string of the molecule is COC(=O)c1ccccc1[C@H](N)CCCCN.Cl. The van der Waals surface area contributed by atoms with Crippen molar-refractivity contribution in [3.05, 3.63) is 35.4 Å². The van der Waals surface area contributed by atoms with E-state index >= 15 is 0 Å². The molecular formula is C13H21ClN2O2. The second-order valence-electron chi connectivity index (χ2n) is 3.97. The Labute approximate surface area is 114 Å². The van der Waals surface area contributed by atoms with E-state index in [1.54, 1.807) is 6.07 Å². The smallest absolute Gasteiger partial charge is 0.338 e. The van der Waals surface area contributed by atoms with Crippen molar-refractivity contribution in [3.63, 3.8) is 0 Å². The molecule has 0 heterocycles. The van der Waals surface area contributed by atoms with Gasteiger partial charge in [0.15, 0.2) is 0 Å². The Morgan fingerprint density at radius 2 is 2.00 bits per heavy atom. The zero-order valence-corrected chi connectivity index (χ0v) is 11.4. The van der Waals surface area contributed by atoms with Gasteiger partial charge in [0.1, 0.15) is 0 Å². The maximum Gasteiger partial charge on any atom is 0.338 e. The summed E-state index contributed by atoms with van der Waals surface area (Å²) in [6.45, 7) is 0.672. The van der Waals surface area contributed by atoms with Gasteiger partial charge in [0.2, 0.25) is 0 Å². The van der Waals surface area contributed by atoms with E-state index in [9.17, 15) is 4.79 Å². The third-order valence-electron chi connectivity index (χ3n) is 2.73. The molecule has 1 aromatic carbocycles. The lowest BCUT2D eigenvalue weighted by Crippen LogP contribution is -2.16. The number of carbonyl (C=O) groups excluding carboxylic acids is 1. The number of unbranched alkanes of at least 4 members (excludes halogenated alkanes) is 1. The molecule has 0 unspecified atom stereocenters. The normalized spacial score (nSPS) is 11.5. The van der Waals surface area contributed by atoms with Crippen LogP contribution in [0.2, 0.25) is 0 Å². The topological polar surface area (TPSA) is 78.3 Å². The van der Waals surface area contributed by atoms with Crippen molar-refractivity contribution in [3.8, 4) is 0 Å². The van der Waals surface area contributed by atoms with Crippen LogP contribution in [0, 0.1) is 0 Å². The molecule has 0 spiro atoms. The van der Waals surface area contributed by atoms with Crippen molar-refractivity contribution in [2.45, 2.75) is 25.3 Å². The average molecular weight is 273 g/mol.